The standard InChI is InChI=1S/C48H34N2S/c1-48(2)41-17-9-6-14-37(41)38-29-28-36(30-42(38)48)50(34-24-20-32(21-25-34)31-12-4-3-5-13-31)35-26-22-33(23-27-35)46-45-40-16-8-11-19-44(40)51-47(45)39-15-7-10-18-43(39)49-46/h3-30H,1-2H3. The van der Waals surface area contributed by atoms with Crippen molar-refractivity contribution in [3.05, 3.63) is 181 Å². The molecule has 51 heavy (non-hydrogen) atoms. The van der Waals surface area contributed by atoms with E-state index in [0.717, 1.165) is 33.8 Å². The molecule has 7 aromatic carbocycles. The van der Waals surface area contributed by atoms with Gasteiger partial charge in [0, 0.05) is 53.6 Å². The number of aromatic nitrogens is 1. The van der Waals surface area contributed by atoms with Crippen molar-refractivity contribution >= 4 is 59.5 Å². The Labute approximate surface area is 301 Å². The molecule has 2 nitrogen and oxygen atoms in total. The van der Waals surface area contributed by atoms with Gasteiger partial charge < -0.3 is 4.90 Å². The van der Waals surface area contributed by atoms with Gasteiger partial charge in [0.05, 0.1) is 11.2 Å². The number of fused-ring (bicyclic) bond motifs is 8. The molecule has 0 amide bonds. The van der Waals surface area contributed by atoms with E-state index in [1.54, 1.807) is 0 Å². The van der Waals surface area contributed by atoms with Crippen molar-refractivity contribution < 1.29 is 0 Å². The Morgan fingerprint density at radius 3 is 1.86 bits per heavy atom. The largest absolute Gasteiger partial charge is 0.310 e. The number of anilines is 3. The number of rotatable bonds is 5. The first-order valence-electron chi connectivity index (χ1n) is 17.5. The SMILES string of the molecule is CC1(C)c2ccccc2-c2ccc(N(c3ccc(-c4ccccc4)cc3)c3ccc(-c4nc5ccccc5c5sc6ccccc6c45)cc3)cc21. The fraction of sp³-hybridized carbons (Fsp3) is 0.0625. The Morgan fingerprint density at radius 1 is 0.490 bits per heavy atom. The third kappa shape index (κ3) is 4.73. The molecule has 0 saturated heterocycles. The number of pyridine rings is 1. The highest BCUT2D eigenvalue weighted by Gasteiger charge is 2.35. The van der Waals surface area contributed by atoms with E-state index >= 15 is 0 Å². The molecule has 3 heteroatoms. The number of para-hydroxylation sites is 1. The highest BCUT2D eigenvalue weighted by atomic mass is 32.1. The Kier molecular flexibility index (Phi) is 6.74. The van der Waals surface area contributed by atoms with Crippen molar-refractivity contribution in [2.45, 2.75) is 19.3 Å². The Bertz CT molecular complexity index is 2760. The van der Waals surface area contributed by atoms with Crippen molar-refractivity contribution in [1.82, 2.24) is 4.98 Å². The molecular weight excluding hydrogens is 637 g/mol. The summed E-state index contributed by atoms with van der Waals surface area (Å²) in [6, 6.07) is 61.6. The van der Waals surface area contributed by atoms with Crippen LogP contribution >= 0.6 is 11.3 Å². The van der Waals surface area contributed by atoms with Crippen LogP contribution in [0.15, 0.2) is 170 Å². The van der Waals surface area contributed by atoms with E-state index in [1.807, 2.05) is 11.3 Å². The molecule has 2 aromatic heterocycles. The summed E-state index contributed by atoms with van der Waals surface area (Å²) in [6.07, 6.45) is 0. The van der Waals surface area contributed by atoms with Gasteiger partial charge in [0.25, 0.3) is 0 Å². The average Bonchev–Trinajstić information content (AvgIpc) is 3.69. The minimum atomic E-state index is -0.0922. The summed E-state index contributed by atoms with van der Waals surface area (Å²) in [6.45, 7) is 4.70. The lowest BCUT2D eigenvalue weighted by Crippen LogP contribution is -2.16. The zero-order valence-electron chi connectivity index (χ0n) is 28.5. The van der Waals surface area contributed by atoms with Crippen LogP contribution in [0, 0.1) is 0 Å². The molecule has 2 heterocycles. The molecule has 0 bridgehead atoms. The fourth-order valence-corrected chi connectivity index (χ4v) is 9.34. The summed E-state index contributed by atoms with van der Waals surface area (Å²) >= 11 is 1.86. The summed E-state index contributed by atoms with van der Waals surface area (Å²) in [7, 11) is 0. The predicted molar refractivity (Wildman–Crippen MR) is 218 cm³/mol. The normalized spacial score (nSPS) is 13.1. The molecular formula is C48H34N2S. The van der Waals surface area contributed by atoms with Crippen molar-refractivity contribution in [2.24, 2.45) is 0 Å². The topological polar surface area (TPSA) is 16.1 Å². The number of hydrogen-bond donors (Lipinski definition) is 0. The van der Waals surface area contributed by atoms with E-state index in [1.165, 1.54) is 58.9 Å². The highest BCUT2D eigenvalue weighted by Crippen LogP contribution is 2.51. The number of hydrogen-bond acceptors (Lipinski definition) is 3. The van der Waals surface area contributed by atoms with Crippen molar-refractivity contribution in [3.63, 3.8) is 0 Å². The summed E-state index contributed by atoms with van der Waals surface area (Å²) in [5.41, 5.74) is 14.3. The van der Waals surface area contributed by atoms with Gasteiger partial charge >= 0.3 is 0 Å². The molecule has 0 saturated carbocycles. The van der Waals surface area contributed by atoms with Gasteiger partial charge in [0.15, 0.2) is 0 Å². The third-order valence-electron chi connectivity index (χ3n) is 10.7. The van der Waals surface area contributed by atoms with Gasteiger partial charge in [-0.3, -0.25) is 0 Å². The summed E-state index contributed by atoms with van der Waals surface area (Å²) in [5, 5.41) is 3.70. The molecule has 0 fully saturated rings. The molecule has 9 aromatic rings. The van der Waals surface area contributed by atoms with Gasteiger partial charge in [-0.15, -0.1) is 11.3 Å². The van der Waals surface area contributed by atoms with Crippen molar-refractivity contribution in [2.75, 3.05) is 4.90 Å². The fourth-order valence-electron chi connectivity index (χ4n) is 8.10. The Morgan fingerprint density at radius 2 is 1.08 bits per heavy atom. The van der Waals surface area contributed by atoms with E-state index in [-0.39, 0.29) is 5.41 Å². The molecule has 242 valence electrons. The second-order valence-corrected chi connectivity index (χ2v) is 15.0. The van der Waals surface area contributed by atoms with E-state index in [4.69, 9.17) is 4.98 Å². The van der Waals surface area contributed by atoms with Gasteiger partial charge in [-0.2, -0.15) is 0 Å². The van der Waals surface area contributed by atoms with Crippen LogP contribution in [0.1, 0.15) is 25.0 Å². The van der Waals surface area contributed by atoms with Crippen LogP contribution in [0.25, 0.3) is 64.6 Å². The Hall–Kier alpha value is -6.03. The zero-order chi connectivity index (χ0) is 34.1. The minimum Gasteiger partial charge on any atom is -0.310 e. The summed E-state index contributed by atoms with van der Waals surface area (Å²) in [5.74, 6) is 0. The van der Waals surface area contributed by atoms with Gasteiger partial charge in [0.2, 0.25) is 0 Å². The van der Waals surface area contributed by atoms with Gasteiger partial charge in [-0.05, 0) is 81.9 Å². The van der Waals surface area contributed by atoms with Gasteiger partial charge in [-0.1, -0.05) is 135 Å². The summed E-state index contributed by atoms with van der Waals surface area (Å²) in [4.78, 5) is 7.68. The van der Waals surface area contributed by atoms with E-state index in [0.29, 0.717) is 0 Å². The van der Waals surface area contributed by atoms with Crippen LogP contribution in [-0.4, -0.2) is 4.98 Å². The third-order valence-corrected chi connectivity index (χ3v) is 11.9. The lowest BCUT2D eigenvalue weighted by atomic mass is 9.82. The second kappa shape index (κ2) is 11.5. The molecule has 0 N–H and O–H groups in total. The lowest BCUT2D eigenvalue weighted by Gasteiger charge is -2.28. The Balaban J connectivity index is 1.12. The maximum absolute atomic E-state index is 5.29. The first-order valence-corrected chi connectivity index (χ1v) is 18.4. The smallest absolute Gasteiger partial charge is 0.0802 e. The van der Waals surface area contributed by atoms with Gasteiger partial charge in [0.1, 0.15) is 0 Å². The average molecular weight is 671 g/mol. The number of thiophene rings is 1. The number of nitrogens with zero attached hydrogens (tertiary/aromatic N) is 2. The lowest BCUT2D eigenvalue weighted by molar-refractivity contribution is 0.660. The first kappa shape index (κ1) is 29.8. The molecule has 0 spiro atoms. The molecule has 1 aliphatic carbocycles. The molecule has 0 atom stereocenters. The van der Waals surface area contributed by atoms with Gasteiger partial charge in [-0.25, -0.2) is 4.98 Å². The van der Waals surface area contributed by atoms with Crippen molar-refractivity contribution in [1.29, 1.82) is 0 Å². The summed E-state index contributed by atoms with van der Waals surface area (Å²) < 4.78 is 2.58. The maximum Gasteiger partial charge on any atom is 0.0802 e. The van der Waals surface area contributed by atoms with Crippen LogP contribution in [0.5, 0.6) is 0 Å². The maximum atomic E-state index is 5.29. The monoisotopic (exact) mass is 670 g/mol. The van der Waals surface area contributed by atoms with Crippen molar-refractivity contribution in [3.8, 4) is 33.5 Å². The number of benzene rings is 7. The molecule has 0 radical (unpaired) electrons. The van der Waals surface area contributed by atoms with Crippen LogP contribution in [0.3, 0.4) is 0 Å². The predicted octanol–water partition coefficient (Wildman–Crippen LogP) is 13.7. The first-order chi connectivity index (χ1) is 25.0. The molecule has 0 unspecified atom stereocenters. The zero-order valence-corrected chi connectivity index (χ0v) is 29.3. The quantitative estimate of drug-likeness (QED) is 0.181. The molecule has 1 aliphatic rings. The molecule has 10 rings (SSSR count). The highest BCUT2D eigenvalue weighted by molar-refractivity contribution is 7.26. The van der Waals surface area contributed by atoms with Crippen LogP contribution in [0.4, 0.5) is 17.1 Å². The molecule has 0 aliphatic heterocycles. The van der Waals surface area contributed by atoms with Crippen LogP contribution < -0.4 is 4.90 Å². The van der Waals surface area contributed by atoms with Crippen LogP contribution in [0.2, 0.25) is 0 Å². The van der Waals surface area contributed by atoms with E-state index < -0.39 is 0 Å². The van der Waals surface area contributed by atoms with Crippen LogP contribution in [-0.2, 0) is 5.41 Å². The second-order valence-electron chi connectivity index (χ2n) is 14.0. The van der Waals surface area contributed by atoms with E-state index in [9.17, 15) is 0 Å². The minimum absolute atomic E-state index is 0.0922. The van der Waals surface area contributed by atoms with E-state index in [2.05, 4.69) is 189 Å².